The van der Waals surface area contributed by atoms with Crippen molar-refractivity contribution in [2.45, 2.75) is 33.1 Å². The molecule has 0 spiro atoms. The second-order valence-corrected chi connectivity index (χ2v) is 6.63. The average Bonchev–Trinajstić information content (AvgIpc) is 2.55. The SMILES string of the molecule is COc1ccc(NC(=O)C(C)(C)CCl)cc1N1CCCCC1=O. The molecule has 0 aromatic heterocycles. The zero-order chi connectivity index (χ0) is 17.0. The number of carbonyl (C=O) groups is 2. The predicted octanol–water partition coefficient (Wildman–Crippen LogP) is 3.42. The van der Waals surface area contributed by atoms with Crippen molar-refractivity contribution >= 4 is 34.8 Å². The first-order valence-corrected chi connectivity index (χ1v) is 8.28. The molecular weight excluding hydrogens is 316 g/mol. The van der Waals surface area contributed by atoms with Gasteiger partial charge in [-0.25, -0.2) is 0 Å². The summed E-state index contributed by atoms with van der Waals surface area (Å²) >= 11 is 5.84. The van der Waals surface area contributed by atoms with E-state index >= 15 is 0 Å². The lowest BCUT2D eigenvalue weighted by atomic mass is 9.95. The number of hydrogen-bond acceptors (Lipinski definition) is 3. The van der Waals surface area contributed by atoms with Crippen LogP contribution in [0.1, 0.15) is 33.1 Å². The van der Waals surface area contributed by atoms with Crippen molar-refractivity contribution < 1.29 is 14.3 Å². The van der Waals surface area contributed by atoms with Crippen molar-refractivity contribution in [3.05, 3.63) is 18.2 Å². The van der Waals surface area contributed by atoms with Gasteiger partial charge in [0.05, 0.1) is 18.2 Å². The molecule has 6 heteroatoms. The van der Waals surface area contributed by atoms with E-state index in [0.29, 0.717) is 30.1 Å². The summed E-state index contributed by atoms with van der Waals surface area (Å²) in [5.74, 6) is 0.773. The molecule has 1 aromatic rings. The third kappa shape index (κ3) is 3.96. The number of amides is 2. The van der Waals surface area contributed by atoms with Crippen LogP contribution in [0.5, 0.6) is 5.75 Å². The maximum atomic E-state index is 12.3. The van der Waals surface area contributed by atoms with Gasteiger partial charge < -0.3 is 15.0 Å². The maximum absolute atomic E-state index is 12.3. The summed E-state index contributed by atoms with van der Waals surface area (Å²) in [6.45, 7) is 4.24. The van der Waals surface area contributed by atoms with Crippen molar-refractivity contribution in [1.29, 1.82) is 0 Å². The van der Waals surface area contributed by atoms with Crippen molar-refractivity contribution in [3.8, 4) is 5.75 Å². The summed E-state index contributed by atoms with van der Waals surface area (Å²) in [4.78, 5) is 26.2. The topological polar surface area (TPSA) is 58.6 Å². The molecule has 0 radical (unpaired) electrons. The number of hydrogen-bond donors (Lipinski definition) is 1. The minimum absolute atomic E-state index is 0.0825. The van der Waals surface area contributed by atoms with Gasteiger partial charge in [0.2, 0.25) is 11.8 Å². The van der Waals surface area contributed by atoms with Gasteiger partial charge in [-0.15, -0.1) is 11.6 Å². The number of ether oxygens (including phenoxy) is 1. The molecule has 1 aliphatic heterocycles. The lowest BCUT2D eigenvalue weighted by molar-refractivity contribution is -0.123. The van der Waals surface area contributed by atoms with E-state index in [-0.39, 0.29) is 17.7 Å². The molecular formula is C17H23ClN2O3. The highest BCUT2D eigenvalue weighted by Crippen LogP contribution is 2.34. The molecule has 0 atom stereocenters. The number of nitrogens with zero attached hydrogens (tertiary/aromatic N) is 1. The number of carbonyl (C=O) groups excluding carboxylic acids is 2. The molecule has 1 aromatic carbocycles. The Hall–Kier alpha value is -1.75. The molecule has 0 aliphatic carbocycles. The van der Waals surface area contributed by atoms with E-state index in [1.807, 2.05) is 0 Å². The van der Waals surface area contributed by atoms with Crippen LogP contribution < -0.4 is 15.0 Å². The molecule has 1 heterocycles. The van der Waals surface area contributed by atoms with E-state index in [1.165, 1.54) is 0 Å². The zero-order valence-electron chi connectivity index (χ0n) is 13.8. The number of nitrogens with one attached hydrogen (secondary N) is 1. The van der Waals surface area contributed by atoms with Gasteiger partial charge in [0.25, 0.3) is 0 Å². The molecule has 0 unspecified atom stereocenters. The Bertz CT molecular complexity index is 602. The molecule has 1 fully saturated rings. The van der Waals surface area contributed by atoms with E-state index in [9.17, 15) is 9.59 Å². The molecule has 5 nitrogen and oxygen atoms in total. The Morgan fingerprint density at radius 1 is 1.39 bits per heavy atom. The smallest absolute Gasteiger partial charge is 0.231 e. The lowest BCUT2D eigenvalue weighted by Gasteiger charge is -2.29. The normalized spacial score (nSPS) is 15.5. The molecule has 1 N–H and O–H groups in total. The average molecular weight is 339 g/mol. The van der Waals surface area contributed by atoms with Crippen LogP contribution in [0.4, 0.5) is 11.4 Å². The summed E-state index contributed by atoms with van der Waals surface area (Å²) in [5, 5.41) is 2.86. The van der Waals surface area contributed by atoms with Crippen molar-refractivity contribution in [2.24, 2.45) is 5.41 Å². The van der Waals surface area contributed by atoms with Gasteiger partial charge >= 0.3 is 0 Å². The van der Waals surface area contributed by atoms with Crippen LogP contribution in [0.3, 0.4) is 0 Å². The quantitative estimate of drug-likeness (QED) is 0.837. The van der Waals surface area contributed by atoms with E-state index < -0.39 is 5.41 Å². The Labute approximate surface area is 141 Å². The van der Waals surface area contributed by atoms with Gasteiger partial charge in [-0.1, -0.05) is 0 Å². The molecule has 2 rings (SSSR count). The summed E-state index contributed by atoms with van der Waals surface area (Å²) in [6.07, 6.45) is 2.42. The number of piperidine rings is 1. The van der Waals surface area contributed by atoms with Gasteiger partial charge in [-0.05, 0) is 44.9 Å². The predicted molar refractivity (Wildman–Crippen MR) is 92.3 cm³/mol. The number of methoxy groups -OCH3 is 1. The first-order chi connectivity index (χ1) is 10.9. The minimum Gasteiger partial charge on any atom is -0.495 e. The minimum atomic E-state index is -0.664. The fraction of sp³-hybridized carbons (Fsp3) is 0.529. The zero-order valence-corrected chi connectivity index (χ0v) is 14.6. The molecule has 1 saturated heterocycles. The standard InChI is InChI=1S/C17H23ClN2O3/c1-17(2,11-18)16(22)19-12-7-8-14(23-3)13(10-12)20-9-5-4-6-15(20)21/h7-8,10H,4-6,9,11H2,1-3H3,(H,19,22). The molecule has 1 aliphatic rings. The van der Waals surface area contributed by atoms with E-state index in [0.717, 1.165) is 12.8 Å². The Morgan fingerprint density at radius 3 is 2.74 bits per heavy atom. The Kier molecular flexibility index (Phi) is 5.52. The van der Waals surface area contributed by atoms with Crippen molar-refractivity contribution in [3.63, 3.8) is 0 Å². The molecule has 2 amide bonds. The Balaban J connectivity index is 2.28. The number of alkyl halides is 1. The third-order valence-electron chi connectivity index (χ3n) is 4.00. The number of benzene rings is 1. The van der Waals surface area contributed by atoms with Crippen LogP contribution in [0.15, 0.2) is 18.2 Å². The number of rotatable bonds is 5. The highest BCUT2D eigenvalue weighted by Gasteiger charge is 2.27. The largest absolute Gasteiger partial charge is 0.495 e. The second-order valence-electron chi connectivity index (χ2n) is 6.36. The first-order valence-electron chi connectivity index (χ1n) is 7.75. The first kappa shape index (κ1) is 17.6. The molecule has 23 heavy (non-hydrogen) atoms. The third-order valence-corrected chi connectivity index (χ3v) is 4.67. The van der Waals surface area contributed by atoms with Gasteiger partial charge in [0, 0.05) is 24.5 Å². The van der Waals surface area contributed by atoms with Gasteiger partial charge in [0.1, 0.15) is 5.75 Å². The Morgan fingerprint density at radius 2 is 2.13 bits per heavy atom. The van der Waals surface area contributed by atoms with Crippen LogP contribution in [0, 0.1) is 5.41 Å². The molecule has 0 saturated carbocycles. The van der Waals surface area contributed by atoms with Gasteiger partial charge in [0.15, 0.2) is 0 Å². The molecule has 0 bridgehead atoms. The van der Waals surface area contributed by atoms with Gasteiger partial charge in [-0.3, -0.25) is 9.59 Å². The number of halogens is 1. The lowest BCUT2D eigenvalue weighted by Crippen LogP contribution is -2.35. The van der Waals surface area contributed by atoms with Gasteiger partial charge in [-0.2, -0.15) is 0 Å². The number of anilines is 2. The fourth-order valence-electron chi connectivity index (χ4n) is 2.40. The van der Waals surface area contributed by atoms with E-state index in [2.05, 4.69) is 5.32 Å². The highest BCUT2D eigenvalue weighted by atomic mass is 35.5. The monoisotopic (exact) mass is 338 g/mol. The van der Waals surface area contributed by atoms with E-state index in [1.54, 1.807) is 44.1 Å². The maximum Gasteiger partial charge on any atom is 0.231 e. The molecule has 126 valence electrons. The van der Waals surface area contributed by atoms with Crippen LogP contribution >= 0.6 is 11.6 Å². The summed E-state index contributed by atoms with van der Waals surface area (Å²) in [5.41, 5.74) is 0.656. The summed E-state index contributed by atoms with van der Waals surface area (Å²) < 4.78 is 5.37. The van der Waals surface area contributed by atoms with Crippen LogP contribution in [0.25, 0.3) is 0 Å². The van der Waals surface area contributed by atoms with Crippen molar-refractivity contribution in [1.82, 2.24) is 0 Å². The second kappa shape index (κ2) is 7.21. The van der Waals surface area contributed by atoms with Crippen LogP contribution in [-0.4, -0.2) is 31.3 Å². The summed E-state index contributed by atoms with van der Waals surface area (Å²) in [6, 6.07) is 5.31. The fourth-order valence-corrected chi connectivity index (χ4v) is 2.52. The highest BCUT2D eigenvalue weighted by molar-refractivity contribution is 6.20. The summed E-state index contributed by atoms with van der Waals surface area (Å²) in [7, 11) is 1.57. The van der Waals surface area contributed by atoms with Crippen molar-refractivity contribution in [2.75, 3.05) is 29.8 Å². The van der Waals surface area contributed by atoms with Crippen LogP contribution in [-0.2, 0) is 9.59 Å². The van der Waals surface area contributed by atoms with Crippen LogP contribution in [0.2, 0.25) is 0 Å². The van der Waals surface area contributed by atoms with E-state index in [4.69, 9.17) is 16.3 Å².